The highest BCUT2D eigenvalue weighted by atomic mass is 32.2. The molecule has 20 heavy (non-hydrogen) atoms. The van der Waals surface area contributed by atoms with E-state index in [9.17, 15) is 12.8 Å². The Bertz CT molecular complexity index is 690. The Morgan fingerprint density at radius 2 is 1.95 bits per heavy atom. The first-order valence-electron chi connectivity index (χ1n) is 5.99. The molecular formula is C13H14FN3O2S. The Balaban J connectivity index is 2.04. The summed E-state index contributed by atoms with van der Waals surface area (Å²) < 4.78 is 39.6. The molecule has 0 aliphatic rings. The van der Waals surface area contributed by atoms with E-state index < -0.39 is 15.8 Å². The molecule has 0 spiro atoms. The molecule has 1 aromatic heterocycles. The Morgan fingerprint density at radius 1 is 1.25 bits per heavy atom. The van der Waals surface area contributed by atoms with Crippen molar-refractivity contribution in [2.24, 2.45) is 0 Å². The molecule has 0 unspecified atom stereocenters. The molecule has 106 valence electrons. The van der Waals surface area contributed by atoms with Crippen molar-refractivity contribution >= 4 is 10.0 Å². The van der Waals surface area contributed by atoms with Crippen LogP contribution in [-0.2, 0) is 16.4 Å². The smallest absolute Gasteiger partial charge is 0.240 e. The Hall–Kier alpha value is -1.86. The quantitative estimate of drug-likeness (QED) is 0.906. The molecule has 0 atom stereocenters. The number of sulfonamides is 1. The van der Waals surface area contributed by atoms with Gasteiger partial charge in [0.2, 0.25) is 10.0 Å². The molecule has 2 aromatic rings. The van der Waals surface area contributed by atoms with E-state index in [1.165, 1.54) is 18.5 Å². The van der Waals surface area contributed by atoms with E-state index in [0.29, 0.717) is 12.0 Å². The average Bonchev–Trinajstić information content (AvgIpc) is 2.39. The molecule has 1 N–H and O–H groups in total. The fraction of sp³-hybridized carbons (Fsp3) is 0.231. The van der Waals surface area contributed by atoms with Crippen molar-refractivity contribution < 1.29 is 12.8 Å². The first-order valence-corrected chi connectivity index (χ1v) is 7.47. The lowest BCUT2D eigenvalue weighted by Crippen LogP contribution is -2.26. The monoisotopic (exact) mass is 295 g/mol. The van der Waals surface area contributed by atoms with Gasteiger partial charge in [0.25, 0.3) is 0 Å². The van der Waals surface area contributed by atoms with E-state index in [0.717, 1.165) is 11.6 Å². The molecule has 0 fully saturated rings. The van der Waals surface area contributed by atoms with Crippen LogP contribution < -0.4 is 4.72 Å². The van der Waals surface area contributed by atoms with Crippen molar-refractivity contribution in [1.29, 1.82) is 0 Å². The van der Waals surface area contributed by atoms with Crippen LogP contribution >= 0.6 is 0 Å². The maximum Gasteiger partial charge on any atom is 0.240 e. The average molecular weight is 295 g/mol. The second kappa shape index (κ2) is 6.06. The van der Waals surface area contributed by atoms with Gasteiger partial charge in [-0.1, -0.05) is 0 Å². The number of aromatic nitrogens is 2. The summed E-state index contributed by atoms with van der Waals surface area (Å²) in [7, 11) is -3.64. The van der Waals surface area contributed by atoms with E-state index >= 15 is 0 Å². The van der Waals surface area contributed by atoms with Crippen molar-refractivity contribution in [1.82, 2.24) is 14.7 Å². The number of hydrogen-bond donors (Lipinski definition) is 1. The topological polar surface area (TPSA) is 72.0 Å². The zero-order chi connectivity index (χ0) is 14.6. The minimum absolute atomic E-state index is 0.0863. The fourth-order valence-electron chi connectivity index (χ4n) is 1.78. The highest BCUT2D eigenvalue weighted by Gasteiger charge is 2.16. The van der Waals surface area contributed by atoms with Crippen LogP contribution in [0, 0.1) is 12.7 Å². The lowest BCUT2D eigenvalue weighted by Gasteiger charge is -2.09. The van der Waals surface area contributed by atoms with Crippen LogP contribution in [0.2, 0.25) is 0 Å². The minimum atomic E-state index is -3.64. The van der Waals surface area contributed by atoms with Crippen molar-refractivity contribution in [2.45, 2.75) is 18.2 Å². The number of halogens is 1. The number of aryl methyl sites for hydroxylation is 1. The molecule has 1 aromatic carbocycles. The number of rotatable bonds is 5. The maximum absolute atomic E-state index is 13.0. The van der Waals surface area contributed by atoms with E-state index in [1.807, 2.05) is 0 Å². The van der Waals surface area contributed by atoms with Crippen molar-refractivity contribution in [2.75, 3.05) is 6.54 Å². The zero-order valence-corrected chi connectivity index (χ0v) is 11.7. The number of nitrogens with one attached hydrogen (secondary N) is 1. The molecular weight excluding hydrogens is 281 g/mol. The molecule has 0 aliphatic heterocycles. The number of benzene rings is 1. The predicted molar refractivity (Wildman–Crippen MR) is 72.1 cm³/mol. The van der Waals surface area contributed by atoms with Gasteiger partial charge in [0.05, 0.1) is 4.90 Å². The lowest BCUT2D eigenvalue weighted by atomic mass is 10.2. The summed E-state index contributed by atoms with van der Waals surface area (Å²) in [6.07, 6.45) is 5.16. The summed E-state index contributed by atoms with van der Waals surface area (Å²) in [5, 5.41) is 0. The van der Waals surface area contributed by atoms with Gasteiger partial charge in [-0.3, -0.25) is 0 Å². The van der Waals surface area contributed by atoms with Crippen molar-refractivity contribution in [3.63, 3.8) is 0 Å². The SMILES string of the molecule is Cc1cc(F)ccc1S(=O)(=O)NCCc1cncnc1. The van der Waals surface area contributed by atoms with Gasteiger partial charge in [-0.2, -0.15) is 0 Å². The van der Waals surface area contributed by atoms with E-state index in [1.54, 1.807) is 19.3 Å². The van der Waals surface area contributed by atoms with E-state index in [4.69, 9.17) is 0 Å². The summed E-state index contributed by atoms with van der Waals surface area (Å²) in [6.45, 7) is 1.79. The summed E-state index contributed by atoms with van der Waals surface area (Å²) in [4.78, 5) is 7.79. The summed E-state index contributed by atoms with van der Waals surface area (Å²) >= 11 is 0. The summed E-state index contributed by atoms with van der Waals surface area (Å²) in [5.74, 6) is -0.456. The van der Waals surface area contributed by atoms with E-state index in [-0.39, 0.29) is 11.4 Å². The van der Waals surface area contributed by atoms with Gasteiger partial charge in [-0.05, 0) is 42.7 Å². The van der Waals surface area contributed by atoms with Crippen LogP contribution in [0.5, 0.6) is 0 Å². The van der Waals surface area contributed by atoms with Crippen LogP contribution in [0.1, 0.15) is 11.1 Å². The first kappa shape index (κ1) is 14.5. The van der Waals surface area contributed by atoms with Gasteiger partial charge >= 0.3 is 0 Å². The lowest BCUT2D eigenvalue weighted by molar-refractivity contribution is 0.579. The molecule has 7 heteroatoms. The van der Waals surface area contributed by atoms with Crippen LogP contribution in [-0.4, -0.2) is 24.9 Å². The second-order valence-electron chi connectivity index (χ2n) is 4.30. The van der Waals surface area contributed by atoms with Crippen LogP contribution in [0.3, 0.4) is 0 Å². The molecule has 0 radical (unpaired) electrons. The highest BCUT2D eigenvalue weighted by molar-refractivity contribution is 7.89. The molecule has 0 aliphatic carbocycles. The number of nitrogens with zero attached hydrogens (tertiary/aromatic N) is 2. The van der Waals surface area contributed by atoms with Gasteiger partial charge in [0.15, 0.2) is 0 Å². The predicted octanol–water partition coefficient (Wildman–Crippen LogP) is 1.45. The van der Waals surface area contributed by atoms with Crippen molar-refractivity contribution in [3.05, 3.63) is 53.9 Å². The maximum atomic E-state index is 13.0. The summed E-state index contributed by atoms with van der Waals surface area (Å²) in [6, 6.07) is 3.59. The van der Waals surface area contributed by atoms with Crippen LogP contribution in [0.25, 0.3) is 0 Å². The second-order valence-corrected chi connectivity index (χ2v) is 6.04. The molecule has 0 bridgehead atoms. The minimum Gasteiger partial charge on any atom is -0.245 e. The molecule has 2 rings (SSSR count). The Kier molecular flexibility index (Phi) is 4.41. The third-order valence-corrected chi connectivity index (χ3v) is 4.37. The van der Waals surface area contributed by atoms with E-state index in [2.05, 4.69) is 14.7 Å². The van der Waals surface area contributed by atoms with Gasteiger partial charge in [0.1, 0.15) is 12.1 Å². The summed E-state index contributed by atoms with van der Waals surface area (Å²) in [5.41, 5.74) is 1.21. The Morgan fingerprint density at radius 3 is 2.60 bits per heavy atom. The third kappa shape index (κ3) is 3.58. The van der Waals surface area contributed by atoms with Crippen molar-refractivity contribution in [3.8, 4) is 0 Å². The van der Waals surface area contributed by atoms with Crippen LogP contribution in [0.15, 0.2) is 41.8 Å². The standard InChI is InChI=1S/C13H14FN3O2S/c1-10-6-12(14)2-3-13(10)20(18,19)17-5-4-11-7-15-9-16-8-11/h2-3,6-9,17H,4-5H2,1H3. The fourth-order valence-corrected chi connectivity index (χ4v) is 3.04. The van der Waals surface area contributed by atoms with Crippen LogP contribution in [0.4, 0.5) is 4.39 Å². The van der Waals surface area contributed by atoms with Gasteiger partial charge in [-0.15, -0.1) is 0 Å². The molecule has 0 amide bonds. The molecule has 1 heterocycles. The van der Waals surface area contributed by atoms with Gasteiger partial charge < -0.3 is 0 Å². The molecule has 0 saturated heterocycles. The Labute approximate surface area is 116 Å². The normalized spacial score (nSPS) is 11.5. The molecule has 0 saturated carbocycles. The highest BCUT2D eigenvalue weighted by Crippen LogP contribution is 2.15. The van der Waals surface area contributed by atoms with Gasteiger partial charge in [-0.25, -0.2) is 27.5 Å². The largest absolute Gasteiger partial charge is 0.245 e. The zero-order valence-electron chi connectivity index (χ0n) is 10.9. The third-order valence-electron chi connectivity index (χ3n) is 2.75. The number of hydrogen-bond acceptors (Lipinski definition) is 4. The van der Waals surface area contributed by atoms with Gasteiger partial charge in [0, 0.05) is 18.9 Å². The first-order chi connectivity index (χ1) is 9.49. The molecule has 5 nitrogen and oxygen atoms in total.